The number of benzene rings is 1. The second-order valence-electron chi connectivity index (χ2n) is 3.98. The fourth-order valence-corrected chi connectivity index (χ4v) is 2.01. The lowest BCUT2D eigenvalue weighted by Crippen LogP contribution is -2.15. The first kappa shape index (κ1) is 10.2. The number of hydrogen-bond acceptors (Lipinski definition) is 4. The van der Waals surface area contributed by atoms with E-state index in [0.29, 0.717) is 19.9 Å². The smallest absolute Gasteiger partial charge is 0.189 e. The highest BCUT2D eigenvalue weighted by Gasteiger charge is 2.16. The van der Waals surface area contributed by atoms with Crippen molar-refractivity contribution in [1.29, 1.82) is 0 Å². The van der Waals surface area contributed by atoms with Gasteiger partial charge in [-0.1, -0.05) is 0 Å². The van der Waals surface area contributed by atoms with Crippen LogP contribution in [0.4, 0.5) is 5.69 Å². The van der Waals surface area contributed by atoms with Crippen molar-refractivity contribution in [2.45, 2.75) is 13.2 Å². The summed E-state index contributed by atoms with van der Waals surface area (Å²) in [5.74, 6) is 0.876. The third-order valence-corrected chi connectivity index (χ3v) is 2.70. The van der Waals surface area contributed by atoms with E-state index in [2.05, 4.69) is 5.10 Å². The standard InChI is InChI=1S/C12H13N3O2/c13-11-4-9(6-15-3-1-2-14-15)12-10(5-11)7-16-8-17-12/h1-5H,6-8,13H2. The van der Waals surface area contributed by atoms with Crippen molar-refractivity contribution >= 4 is 5.69 Å². The van der Waals surface area contributed by atoms with Crippen LogP contribution >= 0.6 is 0 Å². The number of nitrogen functional groups attached to an aromatic ring is 1. The third kappa shape index (κ3) is 1.97. The molecular formula is C12H13N3O2. The lowest BCUT2D eigenvalue weighted by Gasteiger charge is -2.21. The van der Waals surface area contributed by atoms with Crippen LogP contribution in [0.5, 0.6) is 5.75 Å². The summed E-state index contributed by atoms with van der Waals surface area (Å²) in [4.78, 5) is 0. The minimum atomic E-state index is 0.295. The number of anilines is 1. The Kier molecular flexibility index (Phi) is 2.45. The van der Waals surface area contributed by atoms with E-state index in [1.54, 1.807) is 6.20 Å². The van der Waals surface area contributed by atoms with Gasteiger partial charge in [0.2, 0.25) is 0 Å². The average molecular weight is 231 g/mol. The molecule has 2 aromatic rings. The second kappa shape index (κ2) is 4.10. The molecule has 0 amide bonds. The molecule has 1 aromatic carbocycles. The molecule has 1 aliphatic heterocycles. The highest BCUT2D eigenvalue weighted by Crippen LogP contribution is 2.31. The number of ether oxygens (including phenoxy) is 2. The summed E-state index contributed by atoms with van der Waals surface area (Å²) in [6.07, 6.45) is 3.66. The predicted molar refractivity (Wildman–Crippen MR) is 62.5 cm³/mol. The minimum Gasteiger partial charge on any atom is -0.467 e. The van der Waals surface area contributed by atoms with Gasteiger partial charge in [0.05, 0.1) is 13.2 Å². The van der Waals surface area contributed by atoms with Crippen molar-refractivity contribution in [3.63, 3.8) is 0 Å². The van der Waals surface area contributed by atoms with Crippen molar-refractivity contribution in [2.75, 3.05) is 12.5 Å². The first-order valence-electron chi connectivity index (χ1n) is 5.42. The maximum atomic E-state index is 5.87. The summed E-state index contributed by atoms with van der Waals surface area (Å²) in [5.41, 5.74) is 8.63. The van der Waals surface area contributed by atoms with Gasteiger partial charge in [-0.3, -0.25) is 4.68 Å². The summed E-state index contributed by atoms with van der Waals surface area (Å²) in [7, 11) is 0. The number of aromatic nitrogens is 2. The molecule has 17 heavy (non-hydrogen) atoms. The van der Waals surface area contributed by atoms with Crippen LogP contribution in [0, 0.1) is 0 Å². The maximum Gasteiger partial charge on any atom is 0.189 e. The summed E-state index contributed by atoms with van der Waals surface area (Å²) in [6.45, 7) is 1.50. The number of rotatable bonds is 2. The summed E-state index contributed by atoms with van der Waals surface area (Å²) >= 11 is 0. The minimum absolute atomic E-state index is 0.295. The van der Waals surface area contributed by atoms with E-state index in [-0.39, 0.29) is 0 Å². The molecule has 0 fully saturated rings. The zero-order chi connectivity index (χ0) is 11.7. The van der Waals surface area contributed by atoms with Crippen LogP contribution in [0.2, 0.25) is 0 Å². The average Bonchev–Trinajstić information content (AvgIpc) is 2.81. The fourth-order valence-electron chi connectivity index (χ4n) is 2.01. The Morgan fingerprint density at radius 2 is 2.35 bits per heavy atom. The third-order valence-electron chi connectivity index (χ3n) is 2.70. The molecule has 0 saturated heterocycles. The Morgan fingerprint density at radius 3 is 3.18 bits per heavy atom. The van der Waals surface area contributed by atoms with Crippen molar-refractivity contribution in [1.82, 2.24) is 9.78 Å². The Bertz CT molecular complexity index is 523. The number of nitrogens with zero attached hydrogens (tertiary/aromatic N) is 2. The Labute approximate surface area is 98.8 Å². The Morgan fingerprint density at radius 1 is 1.41 bits per heavy atom. The topological polar surface area (TPSA) is 62.3 Å². The molecule has 0 radical (unpaired) electrons. The zero-order valence-electron chi connectivity index (χ0n) is 9.30. The molecule has 5 nitrogen and oxygen atoms in total. The van der Waals surface area contributed by atoms with Gasteiger partial charge in [0.15, 0.2) is 6.79 Å². The van der Waals surface area contributed by atoms with Crippen LogP contribution in [0.1, 0.15) is 11.1 Å². The largest absolute Gasteiger partial charge is 0.467 e. The van der Waals surface area contributed by atoms with Crippen molar-refractivity contribution < 1.29 is 9.47 Å². The Hall–Kier alpha value is -2.01. The first-order chi connectivity index (χ1) is 8.33. The molecule has 2 N–H and O–H groups in total. The zero-order valence-corrected chi connectivity index (χ0v) is 9.30. The van der Waals surface area contributed by atoms with Crippen molar-refractivity contribution in [2.24, 2.45) is 0 Å². The molecule has 0 unspecified atom stereocenters. The van der Waals surface area contributed by atoms with Crippen LogP contribution in [-0.4, -0.2) is 16.6 Å². The van der Waals surface area contributed by atoms with Crippen LogP contribution in [-0.2, 0) is 17.9 Å². The molecule has 1 aromatic heterocycles. The molecule has 0 bridgehead atoms. The number of fused-ring (bicyclic) bond motifs is 1. The van der Waals surface area contributed by atoms with Gasteiger partial charge in [0.25, 0.3) is 0 Å². The fraction of sp³-hybridized carbons (Fsp3) is 0.250. The molecule has 88 valence electrons. The monoisotopic (exact) mass is 231 g/mol. The SMILES string of the molecule is Nc1cc2c(c(Cn3cccn3)c1)OCOC2. The summed E-state index contributed by atoms with van der Waals surface area (Å²) in [6, 6.07) is 5.70. The first-order valence-corrected chi connectivity index (χ1v) is 5.42. The van der Waals surface area contributed by atoms with Crippen LogP contribution < -0.4 is 10.5 Å². The van der Waals surface area contributed by atoms with Gasteiger partial charge in [-0.05, 0) is 18.2 Å². The Balaban J connectivity index is 2.00. The van der Waals surface area contributed by atoms with E-state index in [9.17, 15) is 0 Å². The van der Waals surface area contributed by atoms with Gasteiger partial charge >= 0.3 is 0 Å². The van der Waals surface area contributed by atoms with Gasteiger partial charge < -0.3 is 15.2 Å². The summed E-state index contributed by atoms with van der Waals surface area (Å²) in [5, 5.41) is 4.18. The maximum absolute atomic E-state index is 5.87. The number of nitrogens with two attached hydrogens (primary N) is 1. The lowest BCUT2D eigenvalue weighted by molar-refractivity contribution is -0.0170. The molecule has 5 heteroatoms. The predicted octanol–water partition coefficient (Wildman–Crippen LogP) is 1.38. The molecular weight excluding hydrogens is 218 g/mol. The van der Waals surface area contributed by atoms with Gasteiger partial charge in [-0.2, -0.15) is 5.10 Å². The molecule has 0 saturated carbocycles. The van der Waals surface area contributed by atoms with Crippen molar-refractivity contribution in [3.8, 4) is 5.75 Å². The van der Waals surface area contributed by atoms with Gasteiger partial charge in [0, 0.05) is 29.2 Å². The van der Waals surface area contributed by atoms with E-state index < -0.39 is 0 Å². The van der Waals surface area contributed by atoms with Gasteiger partial charge in [-0.25, -0.2) is 0 Å². The van der Waals surface area contributed by atoms with Gasteiger partial charge in [-0.15, -0.1) is 0 Å². The number of hydrogen-bond donors (Lipinski definition) is 1. The molecule has 0 aliphatic carbocycles. The van der Waals surface area contributed by atoms with E-state index in [1.807, 2.05) is 29.1 Å². The van der Waals surface area contributed by atoms with E-state index in [0.717, 1.165) is 22.6 Å². The van der Waals surface area contributed by atoms with Crippen LogP contribution in [0.3, 0.4) is 0 Å². The normalized spacial score (nSPS) is 14.1. The van der Waals surface area contributed by atoms with Crippen LogP contribution in [0.15, 0.2) is 30.6 Å². The van der Waals surface area contributed by atoms with E-state index in [1.165, 1.54) is 0 Å². The van der Waals surface area contributed by atoms with Crippen molar-refractivity contribution in [3.05, 3.63) is 41.7 Å². The molecule has 2 heterocycles. The lowest BCUT2D eigenvalue weighted by atomic mass is 10.1. The quantitative estimate of drug-likeness (QED) is 0.793. The van der Waals surface area contributed by atoms with Gasteiger partial charge in [0.1, 0.15) is 5.75 Å². The highest BCUT2D eigenvalue weighted by atomic mass is 16.7. The molecule has 0 spiro atoms. The highest BCUT2D eigenvalue weighted by molar-refractivity contribution is 5.53. The van der Waals surface area contributed by atoms with E-state index >= 15 is 0 Å². The molecule has 0 atom stereocenters. The molecule has 1 aliphatic rings. The molecule has 3 rings (SSSR count). The second-order valence-corrected chi connectivity index (χ2v) is 3.98. The summed E-state index contributed by atoms with van der Waals surface area (Å²) < 4.78 is 12.6. The van der Waals surface area contributed by atoms with Crippen LogP contribution in [0.25, 0.3) is 0 Å². The van der Waals surface area contributed by atoms with E-state index in [4.69, 9.17) is 15.2 Å².